The number of benzene rings is 2. The van der Waals surface area contributed by atoms with Gasteiger partial charge in [0.05, 0.1) is 18.8 Å². The quantitative estimate of drug-likeness (QED) is 0.552. The Morgan fingerprint density at radius 3 is 2.39 bits per heavy atom. The highest BCUT2D eigenvalue weighted by Crippen LogP contribution is 2.45. The fourth-order valence-corrected chi connectivity index (χ4v) is 5.99. The van der Waals surface area contributed by atoms with Crippen molar-refractivity contribution in [3.8, 4) is 22.6 Å². The van der Waals surface area contributed by atoms with E-state index < -0.39 is 0 Å². The minimum atomic E-state index is -0.323. The van der Waals surface area contributed by atoms with Crippen molar-refractivity contribution in [2.45, 2.75) is 72.6 Å². The molecular formula is C30H40N2O4. The van der Waals surface area contributed by atoms with Crippen LogP contribution in [0, 0.1) is 25.2 Å². The maximum absolute atomic E-state index is 13.0. The first-order valence-electron chi connectivity index (χ1n) is 13.4. The molecule has 2 aromatic rings. The summed E-state index contributed by atoms with van der Waals surface area (Å²) in [5.74, 6) is 2.26. The summed E-state index contributed by atoms with van der Waals surface area (Å²) in [4.78, 5) is 15.4. The van der Waals surface area contributed by atoms with E-state index in [1.165, 1.54) is 0 Å². The van der Waals surface area contributed by atoms with Crippen LogP contribution < -0.4 is 14.8 Å². The second-order valence-electron chi connectivity index (χ2n) is 11.8. The Morgan fingerprint density at radius 2 is 1.78 bits per heavy atom. The summed E-state index contributed by atoms with van der Waals surface area (Å²) in [6, 6.07) is 10.5. The van der Waals surface area contributed by atoms with Crippen LogP contribution in [0.3, 0.4) is 0 Å². The summed E-state index contributed by atoms with van der Waals surface area (Å²) in [6.07, 6.45) is 2.05. The standard InChI is InChI=1S/C30H40N2O4/c1-18(2)35-27-19(3)13-23(14-20(27)4)22-7-8-24-25(15-22)34-17-30(5,6)28(24)31-29(33)36-26-16-32-11-9-21(26)10-12-32/h7-8,13-15,18,21,26,28H,9-12,16-17H2,1-6H3,(H,31,33)/t26-,28?/m0/s1. The fourth-order valence-electron chi connectivity index (χ4n) is 5.99. The lowest BCUT2D eigenvalue weighted by Gasteiger charge is -2.44. The van der Waals surface area contributed by atoms with E-state index in [0.29, 0.717) is 12.5 Å². The van der Waals surface area contributed by atoms with Crippen LogP contribution in [-0.2, 0) is 4.74 Å². The van der Waals surface area contributed by atoms with Crippen molar-refractivity contribution in [3.05, 3.63) is 47.0 Å². The van der Waals surface area contributed by atoms with E-state index in [2.05, 4.69) is 68.2 Å². The first kappa shape index (κ1) is 24.9. The molecule has 0 aliphatic carbocycles. The Balaban J connectivity index is 1.36. The lowest BCUT2D eigenvalue weighted by molar-refractivity contribution is -0.0361. The van der Waals surface area contributed by atoms with Crippen LogP contribution in [0.4, 0.5) is 4.79 Å². The highest BCUT2D eigenvalue weighted by molar-refractivity contribution is 5.71. The van der Waals surface area contributed by atoms with E-state index in [1.807, 2.05) is 13.8 Å². The number of rotatable bonds is 5. The Labute approximate surface area is 215 Å². The van der Waals surface area contributed by atoms with Crippen molar-refractivity contribution in [3.63, 3.8) is 0 Å². The van der Waals surface area contributed by atoms with E-state index in [1.54, 1.807) is 0 Å². The van der Waals surface area contributed by atoms with Crippen LogP contribution in [0.25, 0.3) is 11.1 Å². The van der Waals surface area contributed by atoms with Crippen molar-refractivity contribution in [2.24, 2.45) is 11.3 Å². The molecule has 0 aromatic heterocycles. The molecule has 4 heterocycles. The maximum atomic E-state index is 13.0. The second kappa shape index (κ2) is 9.62. The molecule has 2 bridgehead atoms. The average Bonchev–Trinajstić information content (AvgIpc) is 2.83. The van der Waals surface area contributed by atoms with Crippen LogP contribution in [-0.4, -0.2) is 49.4 Å². The monoisotopic (exact) mass is 492 g/mol. The summed E-state index contributed by atoms with van der Waals surface area (Å²) in [7, 11) is 0. The Bertz CT molecular complexity index is 1110. The molecule has 2 aromatic carbocycles. The third-order valence-electron chi connectivity index (χ3n) is 7.97. The number of amides is 1. The molecule has 1 amide bonds. The molecule has 1 unspecified atom stereocenters. The number of nitrogens with one attached hydrogen (secondary N) is 1. The van der Waals surface area contributed by atoms with Gasteiger partial charge in [0.1, 0.15) is 17.6 Å². The molecule has 4 aliphatic heterocycles. The highest BCUT2D eigenvalue weighted by Gasteiger charge is 2.41. The summed E-state index contributed by atoms with van der Waals surface area (Å²) in [5, 5.41) is 3.20. The van der Waals surface area contributed by atoms with Crippen LogP contribution in [0.15, 0.2) is 30.3 Å². The second-order valence-corrected chi connectivity index (χ2v) is 11.8. The zero-order valence-corrected chi connectivity index (χ0v) is 22.5. The summed E-state index contributed by atoms with van der Waals surface area (Å²) in [6.45, 7) is 16.2. The third kappa shape index (κ3) is 4.93. The third-order valence-corrected chi connectivity index (χ3v) is 7.97. The zero-order chi connectivity index (χ0) is 25.6. The van der Waals surface area contributed by atoms with Crippen molar-refractivity contribution in [1.82, 2.24) is 10.2 Å². The Morgan fingerprint density at radius 1 is 1.08 bits per heavy atom. The first-order chi connectivity index (χ1) is 17.1. The molecular weight excluding hydrogens is 452 g/mol. The number of carbonyl (C=O) groups is 1. The number of ether oxygens (including phenoxy) is 3. The molecule has 3 fully saturated rings. The van der Waals surface area contributed by atoms with Gasteiger partial charge in [0, 0.05) is 17.5 Å². The van der Waals surface area contributed by atoms with Crippen LogP contribution >= 0.6 is 0 Å². The van der Waals surface area contributed by atoms with E-state index >= 15 is 0 Å². The maximum Gasteiger partial charge on any atom is 0.407 e. The lowest BCUT2D eigenvalue weighted by atomic mass is 9.78. The molecule has 6 heteroatoms. The number of nitrogens with zero attached hydrogens (tertiary/aromatic N) is 1. The normalized spacial score (nSPS) is 26.2. The summed E-state index contributed by atoms with van der Waals surface area (Å²) < 4.78 is 18.2. The number of alkyl carbamates (subject to hydrolysis) is 1. The molecule has 1 N–H and O–H groups in total. The van der Waals surface area contributed by atoms with E-state index in [-0.39, 0.29) is 29.8 Å². The minimum Gasteiger partial charge on any atom is -0.493 e. The van der Waals surface area contributed by atoms with Crippen molar-refractivity contribution in [2.75, 3.05) is 26.2 Å². The Hall–Kier alpha value is -2.73. The number of aryl methyl sites for hydroxylation is 2. The molecule has 6 nitrogen and oxygen atoms in total. The van der Waals surface area contributed by atoms with Crippen molar-refractivity contribution in [1.29, 1.82) is 0 Å². The van der Waals surface area contributed by atoms with Gasteiger partial charge in [-0.1, -0.05) is 26.0 Å². The van der Waals surface area contributed by atoms with Gasteiger partial charge in [-0.2, -0.15) is 0 Å². The predicted octanol–water partition coefficient (Wildman–Crippen LogP) is 6.04. The van der Waals surface area contributed by atoms with Crippen LogP contribution in [0.1, 0.15) is 63.3 Å². The topological polar surface area (TPSA) is 60.0 Å². The highest BCUT2D eigenvalue weighted by atomic mass is 16.6. The molecule has 194 valence electrons. The number of carbonyl (C=O) groups excluding carboxylic acids is 1. The van der Waals surface area contributed by atoms with Crippen LogP contribution in [0.5, 0.6) is 11.5 Å². The molecule has 36 heavy (non-hydrogen) atoms. The van der Waals surface area contributed by atoms with Crippen LogP contribution in [0.2, 0.25) is 0 Å². The largest absolute Gasteiger partial charge is 0.493 e. The van der Waals surface area contributed by atoms with Gasteiger partial charge >= 0.3 is 6.09 Å². The van der Waals surface area contributed by atoms with Gasteiger partial charge < -0.3 is 19.5 Å². The fraction of sp³-hybridized carbons (Fsp3) is 0.567. The van der Waals surface area contributed by atoms with Gasteiger partial charge in [0.25, 0.3) is 0 Å². The van der Waals surface area contributed by atoms with Gasteiger partial charge in [-0.25, -0.2) is 4.79 Å². The molecule has 0 radical (unpaired) electrons. The number of hydrogen-bond acceptors (Lipinski definition) is 5. The number of piperidine rings is 3. The van der Waals surface area contributed by atoms with E-state index in [4.69, 9.17) is 14.2 Å². The SMILES string of the molecule is Cc1cc(-c2ccc3c(c2)OCC(C)(C)C3NC(=O)O[C@H]2CN3CCC2CC3)cc(C)c1OC(C)C. The zero-order valence-electron chi connectivity index (χ0n) is 22.5. The minimum absolute atomic E-state index is 0.00794. The average molecular weight is 493 g/mol. The molecule has 0 saturated carbocycles. The molecule has 3 saturated heterocycles. The lowest BCUT2D eigenvalue weighted by Crippen LogP contribution is -2.53. The van der Waals surface area contributed by atoms with Crippen molar-refractivity contribution >= 4 is 6.09 Å². The van der Waals surface area contributed by atoms with Gasteiger partial charge in [-0.15, -0.1) is 0 Å². The molecule has 6 rings (SSSR count). The van der Waals surface area contributed by atoms with Gasteiger partial charge in [0.15, 0.2) is 0 Å². The smallest absolute Gasteiger partial charge is 0.407 e. The van der Waals surface area contributed by atoms with Gasteiger partial charge in [-0.3, -0.25) is 4.90 Å². The number of fused-ring (bicyclic) bond motifs is 4. The molecule has 0 spiro atoms. The van der Waals surface area contributed by atoms with Gasteiger partial charge in [-0.05, 0) is 100.0 Å². The van der Waals surface area contributed by atoms with E-state index in [9.17, 15) is 4.79 Å². The van der Waals surface area contributed by atoms with Gasteiger partial charge in [0.2, 0.25) is 0 Å². The molecule has 4 aliphatic rings. The first-order valence-corrected chi connectivity index (χ1v) is 13.4. The van der Waals surface area contributed by atoms with Crippen molar-refractivity contribution < 1.29 is 19.0 Å². The van der Waals surface area contributed by atoms with E-state index in [0.717, 1.165) is 71.8 Å². The molecule has 2 atom stereocenters. The Kier molecular flexibility index (Phi) is 6.67. The predicted molar refractivity (Wildman–Crippen MR) is 142 cm³/mol. The number of hydrogen-bond donors (Lipinski definition) is 1. The summed E-state index contributed by atoms with van der Waals surface area (Å²) in [5.41, 5.74) is 5.19. The summed E-state index contributed by atoms with van der Waals surface area (Å²) >= 11 is 0.